The fraction of sp³-hybridized carbons (Fsp3) is 0.500. The number of hydrogen-bond acceptors (Lipinski definition) is 4. The van der Waals surface area contributed by atoms with Gasteiger partial charge in [0, 0.05) is 37.2 Å². The number of anilines is 1. The van der Waals surface area contributed by atoms with Crippen LogP contribution in [0.25, 0.3) is 0 Å². The molecule has 86 valence electrons. The van der Waals surface area contributed by atoms with Crippen LogP contribution in [0, 0.1) is 5.92 Å². The first-order valence-electron chi connectivity index (χ1n) is 5.46. The fourth-order valence-corrected chi connectivity index (χ4v) is 1.86. The van der Waals surface area contributed by atoms with Crippen LogP contribution in [0.2, 0.25) is 0 Å². The van der Waals surface area contributed by atoms with Gasteiger partial charge in [-0.2, -0.15) is 0 Å². The van der Waals surface area contributed by atoms with Crippen molar-refractivity contribution in [3.05, 3.63) is 24.0 Å². The predicted octanol–water partition coefficient (Wildman–Crippen LogP) is 1.20. The summed E-state index contributed by atoms with van der Waals surface area (Å²) in [4.78, 5) is 15.9. The molecule has 0 spiro atoms. The molecule has 1 aromatic rings. The Morgan fingerprint density at radius 1 is 1.69 bits per heavy atom. The zero-order valence-corrected chi connectivity index (χ0v) is 9.35. The van der Waals surface area contributed by atoms with Crippen LogP contribution in [0.5, 0.6) is 0 Å². The minimum atomic E-state index is -0.264. The normalized spacial score (nSPS) is 17.1. The summed E-state index contributed by atoms with van der Waals surface area (Å²) in [5.74, 6) is 0.514. The van der Waals surface area contributed by atoms with Gasteiger partial charge in [-0.15, -0.1) is 0 Å². The number of methoxy groups -OCH3 is 1. The molecule has 0 aromatic carbocycles. The number of Topliss-reactive ketones (excluding diaryl/α,β-unsaturated/α-hetero) is 1. The first-order valence-corrected chi connectivity index (χ1v) is 5.46. The summed E-state index contributed by atoms with van der Waals surface area (Å²) in [5, 5.41) is 0. The van der Waals surface area contributed by atoms with Crippen LogP contribution in [-0.2, 0) is 16.0 Å². The second-order valence-corrected chi connectivity index (χ2v) is 4.21. The van der Waals surface area contributed by atoms with Gasteiger partial charge in [-0.1, -0.05) is 0 Å². The van der Waals surface area contributed by atoms with Crippen molar-refractivity contribution in [3.63, 3.8) is 0 Å². The summed E-state index contributed by atoms with van der Waals surface area (Å²) in [7, 11) is 1.59. The molecule has 1 heterocycles. The van der Waals surface area contributed by atoms with E-state index in [1.54, 1.807) is 25.6 Å². The summed E-state index contributed by atoms with van der Waals surface area (Å²) in [6, 6.07) is 1.71. The van der Waals surface area contributed by atoms with Crippen molar-refractivity contribution in [2.24, 2.45) is 5.92 Å². The number of carbonyl (C=O) groups is 1. The summed E-state index contributed by atoms with van der Waals surface area (Å²) in [6.07, 6.45) is 5.50. The average molecular weight is 220 g/mol. The SMILES string of the molecule is COC(C(=O)Cc1cnccc1N)C1CC1. The lowest BCUT2D eigenvalue weighted by molar-refractivity contribution is -0.129. The molecule has 1 atom stereocenters. The van der Waals surface area contributed by atoms with Gasteiger partial charge < -0.3 is 10.5 Å². The molecule has 2 N–H and O–H groups in total. The van der Waals surface area contributed by atoms with Crippen molar-refractivity contribution in [2.75, 3.05) is 12.8 Å². The first-order chi connectivity index (χ1) is 7.72. The van der Waals surface area contributed by atoms with E-state index in [4.69, 9.17) is 10.5 Å². The van der Waals surface area contributed by atoms with E-state index in [0.717, 1.165) is 18.4 Å². The van der Waals surface area contributed by atoms with E-state index < -0.39 is 0 Å². The number of hydrogen-bond donors (Lipinski definition) is 1. The van der Waals surface area contributed by atoms with E-state index in [0.29, 0.717) is 18.0 Å². The first kappa shape index (κ1) is 11.1. The Balaban J connectivity index is 2.03. The Hall–Kier alpha value is -1.42. The summed E-state index contributed by atoms with van der Waals surface area (Å²) in [5.41, 5.74) is 7.18. The molecule has 1 aliphatic rings. The molecule has 2 rings (SSSR count). The summed E-state index contributed by atoms with van der Waals surface area (Å²) in [6.45, 7) is 0. The monoisotopic (exact) mass is 220 g/mol. The molecule has 0 aliphatic heterocycles. The van der Waals surface area contributed by atoms with E-state index >= 15 is 0 Å². The standard InChI is InChI=1S/C12H16N2O2/c1-16-12(8-2-3-8)11(15)6-9-7-14-5-4-10(9)13/h4-5,7-8,12H,2-3,6H2,1H3,(H2,13,14). The lowest BCUT2D eigenvalue weighted by Crippen LogP contribution is -2.27. The van der Waals surface area contributed by atoms with E-state index in [9.17, 15) is 4.79 Å². The van der Waals surface area contributed by atoms with Crippen molar-refractivity contribution in [3.8, 4) is 0 Å². The van der Waals surface area contributed by atoms with Crippen molar-refractivity contribution in [1.29, 1.82) is 0 Å². The van der Waals surface area contributed by atoms with E-state index in [1.807, 2.05) is 0 Å². The van der Waals surface area contributed by atoms with Crippen LogP contribution >= 0.6 is 0 Å². The fourth-order valence-electron chi connectivity index (χ4n) is 1.86. The van der Waals surface area contributed by atoms with Crippen LogP contribution in [0.3, 0.4) is 0 Å². The van der Waals surface area contributed by atoms with Crippen LogP contribution in [0.4, 0.5) is 5.69 Å². The molecule has 0 saturated heterocycles. The molecular weight excluding hydrogens is 204 g/mol. The highest BCUT2D eigenvalue weighted by Crippen LogP contribution is 2.35. The van der Waals surface area contributed by atoms with E-state index in [-0.39, 0.29) is 11.9 Å². The van der Waals surface area contributed by atoms with E-state index in [1.165, 1.54) is 0 Å². The minimum absolute atomic E-state index is 0.102. The second kappa shape index (κ2) is 4.61. The molecule has 1 saturated carbocycles. The van der Waals surface area contributed by atoms with Crippen molar-refractivity contribution < 1.29 is 9.53 Å². The van der Waals surface area contributed by atoms with Gasteiger partial charge in [0.25, 0.3) is 0 Å². The highest BCUT2D eigenvalue weighted by atomic mass is 16.5. The molecule has 1 aromatic heterocycles. The molecule has 4 heteroatoms. The summed E-state index contributed by atoms with van der Waals surface area (Å²) >= 11 is 0. The minimum Gasteiger partial charge on any atom is -0.398 e. The Kier molecular flexibility index (Phi) is 3.19. The Morgan fingerprint density at radius 2 is 2.44 bits per heavy atom. The molecule has 4 nitrogen and oxygen atoms in total. The zero-order chi connectivity index (χ0) is 11.5. The van der Waals surface area contributed by atoms with Crippen molar-refractivity contribution in [1.82, 2.24) is 4.98 Å². The second-order valence-electron chi connectivity index (χ2n) is 4.21. The van der Waals surface area contributed by atoms with Crippen molar-refractivity contribution >= 4 is 11.5 Å². The molecular formula is C12H16N2O2. The van der Waals surface area contributed by atoms with Crippen molar-refractivity contribution in [2.45, 2.75) is 25.4 Å². The number of ketones is 1. The molecule has 0 bridgehead atoms. The molecule has 1 unspecified atom stereocenters. The van der Waals surface area contributed by atoms with Gasteiger partial charge in [-0.3, -0.25) is 9.78 Å². The maximum Gasteiger partial charge on any atom is 0.166 e. The lowest BCUT2D eigenvalue weighted by Gasteiger charge is -2.13. The van der Waals surface area contributed by atoms with Gasteiger partial charge >= 0.3 is 0 Å². The Labute approximate surface area is 94.8 Å². The van der Waals surface area contributed by atoms with Gasteiger partial charge in [0.1, 0.15) is 6.10 Å². The van der Waals surface area contributed by atoms with E-state index in [2.05, 4.69) is 4.98 Å². The third kappa shape index (κ3) is 2.39. The third-order valence-corrected chi connectivity index (χ3v) is 2.93. The Morgan fingerprint density at radius 3 is 3.00 bits per heavy atom. The maximum atomic E-state index is 12.0. The lowest BCUT2D eigenvalue weighted by atomic mass is 10.0. The van der Waals surface area contributed by atoms with Gasteiger partial charge in [0.2, 0.25) is 0 Å². The zero-order valence-electron chi connectivity index (χ0n) is 9.35. The number of rotatable bonds is 5. The van der Waals surface area contributed by atoms with Crippen LogP contribution in [0.15, 0.2) is 18.5 Å². The number of nitrogen functional groups attached to an aromatic ring is 1. The van der Waals surface area contributed by atoms with Gasteiger partial charge in [0.05, 0.1) is 0 Å². The molecule has 1 aliphatic carbocycles. The highest BCUT2D eigenvalue weighted by Gasteiger charge is 2.36. The smallest absolute Gasteiger partial charge is 0.166 e. The quantitative estimate of drug-likeness (QED) is 0.809. The van der Waals surface area contributed by atoms with Crippen LogP contribution < -0.4 is 5.73 Å². The number of carbonyl (C=O) groups excluding carboxylic acids is 1. The molecule has 0 amide bonds. The number of nitrogens with two attached hydrogens (primary N) is 1. The van der Waals surface area contributed by atoms with Gasteiger partial charge in [0.15, 0.2) is 5.78 Å². The Bertz CT molecular complexity index is 388. The van der Waals surface area contributed by atoms with Gasteiger partial charge in [-0.25, -0.2) is 0 Å². The summed E-state index contributed by atoms with van der Waals surface area (Å²) < 4.78 is 5.24. The van der Waals surface area contributed by atoms with Crippen LogP contribution in [-0.4, -0.2) is 24.0 Å². The topological polar surface area (TPSA) is 65.2 Å². The maximum absolute atomic E-state index is 12.0. The molecule has 16 heavy (non-hydrogen) atoms. The average Bonchev–Trinajstić information content (AvgIpc) is 3.07. The number of ether oxygens (including phenoxy) is 1. The number of nitrogens with zero attached hydrogens (tertiary/aromatic N) is 1. The van der Waals surface area contributed by atoms with Gasteiger partial charge in [-0.05, 0) is 24.8 Å². The predicted molar refractivity (Wildman–Crippen MR) is 60.9 cm³/mol. The van der Waals surface area contributed by atoms with Crippen LogP contribution in [0.1, 0.15) is 18.4 Å². The number of aromatic nitrogens is 1. The molecule has 0 radical (unpaired) electrons. The molecule has 1 fully saturated rings. The largest absolute Gasteiger partial charge is 0.398 e. The number of pyridine rings is 1. The highest BCUT2D eigenvalue weighted by molar-refractivity contribution is 5.86. The third-order valence-electron chi connectivity index (χ3n) is 2.93.